The smallest absolute Gasteiger partial charge is 0.337 e. The fourth-order valence-corrected chi connectivity index (χ4v) is 18.4. The van der Waals surface area contributed by atoms with E-state index in [-0.39, 0.29) is 113 Å². The van der Waals surface area contributed by atoms with Gasteiger partial charge in [0.2, 0.25) is 0 Å². The summed E-state index contributed by atoms with van der Waals surface area (Å²) in [5.74, 6) is -5.84. The minimum atomic E-state index is -1.89. The van der Waals surface area contributed by atoms with E-state index >= 15 is 0 Å². The first kappa shape index (κ1) is 107. The highest BCUT2D eigenvalue weighted by Crippen LogP contribution is 2.38. The SMILES string of the molecule is CO[C@H]1C[C@H](CC[C@H](C)[C@H](O)[C@H](C)[C@@H]2C[C@H](O)C[C@H](O)[C@H](C)[C@@H](OC)C[C@@H]3CC=C[C@@H](C[C@@H](O[C@H]4OC[C@H](OC)[C@@H](OC)[C@@H]4OC(=O)[C@H](O)CO)CC=C(C)/C=C/C(=O)O[C@H]([C@@H](C)[C@@H](O)[C@@H](C)CC[C@H]4C[C@H](OC)C[C@H](C)O4)C[C@H](O)C[C@H](O)[C@H](C)[C@@H](OC)C[C@@H]4CC=C[C@@H](C[C@@H](O[C@H]5OC[C@H](OC)[C@@H](OC)[C@@H]5O)C/C=C(/C)C=CC(=O)O2)O4)O3)O[C@@H](C)C1. The maximum Gasteiger partial charge on any atom is 0.337 e. The molecule has 0 aromatic rings. The Hall–Kier alpha value is -4.15. The van der Waals surface area contributed by atoms with Crippen molar-refractivity contribution < 1.29 is 150 Å². The first-order valence-corrected chi connectivity index (χ1v) is 45.2. The normalized spacial score (nSPS) is 39.6. The van der Waals surface area contributed by atoms with Gasteiger partial charge in [-0.15, -0.1) is 0 Å². The van der Waals surface area contributed by atoms with E-state index in [4.69, 9.17) is 90.0 Å². The van der Waals surface area contributed by atoms with E-state index in [0.29, 0.717) is 68.9 Å². The zero-order valence-corrected chi connectivity index (χ0v) is 76.9. The summed E-state index contributed by atoms with van der Waals surface area (Å²) in [5, 5.41) is 105. The summed E-state index contributed by atoms with van der Waals surface area (Å²) in [6, 6.07) is 0. The number of fused-ring (bicyclic) bond motifs is 4. The molecule has 4 saturated heterocycles. The lowest BCUT2D eigenvalue weighted by Crippen LogP contribution is -2.58. The lowest BCUT2D eigenvalue weighted by atomic mass is 9.83. The molecule has 0 amide bonds. The van der Waals surface area contributed by atoms with Crippen LogP contribution < -0.4 is 0 Å². The molecule has 0 saturated carbocycles. The Morgan fingerprint density at radius 1 is 0.460 bits per heavy atom. The van der Waals surface area contributed by atoms with Crippen molar-refractivity contribution in [3.8, 4) is 0 Å². The van der Waals surface area contributed by atoms with Crippen LogP contribution in [0.5, 0.6) is 0 Å². The molecule has 0 unspecified atom stereocenters. The first-order chi connectivity index (χ1) is 59.1. The summed E-state index contributed by atoms with van der Waals surface area (Å²) in [6.45, 7) is 17.8. The van der Waals surface area contributed by atoms with Gasteiger partial charge >= 0.3 is 17.9 Å². The van der Waals surface area contributed by atoms with E-state index < -0.39 is 201 Å². The standard InChI is InChI=1S/C93H156O31/c1-52-25-31-70(120-92-87(104)88(112-17)81(110-15)50-114-92)43-64-21-19-23-66(118-64)47-77(108-13)58(7)74(97)39-62(95)42-80(61(10)86(103)55(4)30-34-69-46-73(107-12)38-57(6)117-69)123-84(101)36-28-53(2)26-32-71(121-93-90(124-91(105)76(99)49-94)89(113-18)82(111-16)51-115-93)44-65-22-20-24-67(119-65)48-78(109-14)59(8)75(98)40-63(96)41-79(122-83(100)35-27-52)60(9)85(102)54(3)29-33-68-45-72(106-11)37-56(5)116-68/h19-22,25-28,35-36,54-82,85-90,92-99,102-104H,23-24,29-34,37-51H2,1-18H3/b35-27?,36-28+,52-25-,53-26?/t54-,55-,56-,57-,58-,59-,60+,61+,62+,63+,64-,65-,66-,67-,68-,69-,70-,71-,72+,73+,74-,75-,76+,77-,78-,79-,80-,81-,82-,85-,86-,87-,88+,89+,90-,92+,93+/m0/s1. The third-order valence-corrected chi connectivity index (χ3v) is 26.5. The molecule has 7 aliphatic rings. The van der Waals surface area contributed by atoms with Gasteiger partial charge in [-0.2, -0.15) is 0 Å². The molecule has 37 atom stereocenters. The van der Waals surface area contributed by atoms with Gasteiger partial charge in [0.25, 0.3) is 0 Å². The van der Waals surface area contributed by atoms with Crippen LogP contribution in [0.1, 0.15) is 198 Å². The molecular weight excluding hydrogens is 1610 g/mol. The number of allylic oxidation sites excluding steroid dienone is 4. The van der Waals surface area contributed by atoms with Gasteiger partial charge in [-0.25, -0.2) is 14.4 Å². The summed E-state index contributed by atoms with van der Waals surface area (Å²) in [6.07, 6.45) is 0.924. The summed E-state index contributed by atoms with van der Waals surface area (Å²) in [5.41, 5.74) is 1.23. The van der Waals surface area contributed by atoms with Crippen molar-refractivity contribution in [3.05, 3.63) is 71.9 Å². The molecule has 7 rings (SSSR count). The molecular formula is C93H156O31. The Kier molecular flexibility index (Phi) is 47.1. The Bertz CT molecular complexity index is 3250. The van der Waals surface area contributed by atoms with Gasteiger partial charge in [0, 0.05) is 131 Å². The minimum absolute atomic E-state index is 0.000978. The summed E-state index contributed by atoms with van der Waals surface area (Å²) >= 11 is 0. The van der Waals surface area contributed by atoms with Crippen LogP contribution in [0, 0.1) is 35.5 Å². The quantitative estimate of drug-likeness (QED) is 0.0213. The Morgan fingerprint density at radius 3 is 1.27 bits per heavy atom. The van der Waals surface area contributed by atoms with Crippen molar-refractivity contribution in [2.75, 3.05) is 76.7 Å². The molecule has 0 aliphatic carbocycles. The lowest BCUT2D eigenvalue weighted by Gasteiger charge is -2.42. The predicted octanol–water partition coefficient (Wildman–Crippen LogP) is 8.06. The van der Waals surface area contributed by atoms with Crippen molar-refractivity contribution in [2.24, 2.45) is 35.5 Å². The number of methoxy groups -OCH3 is 8. The maximum absolute atomic E-state index is 14.4. The molecule has 9 N–H and O–H groups in total. The van der Waals surface area contributed by atoms with Gasteiger partial charge < -0.3 is 136 Å². The summed E-state index contributed by atoms with van der Waals surface area (Å²) in [7, 11) is 12.3. The summed E-state index contributed by atoms with van der Waals surface area (Å²) < 4.78 is 117. The number of aliphatic hydroxyl groups is 9. The second-order valence-electron chi connectivity index (χ2n) is 36.1. The second-order valence-corrected chi connectivity index (χ2v) is 36.1. The van der Waals surface area contributed by atoms with Crippen LogP contribution in [0.25, 0.3) is 0 Å². The fourth-order valence-electron chi connectivity index (χ4n) is 18.4. The van der Waals surface area contributed by atoms with E-state index in [0.717, 1.165) is 19.3 Å². The molecule has 714 valence electrons. The molecule has 0 aromatic heterocycles. The molecule has 0 radical (unpaired) electrons. The van der Waals surface area contributed by atoms with Crippen LogP contribution in [0.2, 0.25) is 0 Å². The Morgan fingerprint density at radius 2 is 0.871 bits per heavy atom. The van der Waals surface area contributed by atoms with Crippen LogP contribution in [0.3, 0.4) is 0 Å². The first-order valence-electron chi connectivity index (χ1n) is 45.2. The van der Waals surface area contributed by atoms with Gasteiger partial charge in [-0.05, 0) is 129 Å². The van der Waals surface area contributed by atoms with Crippen LogP contribution in [-0.4, -0.2) is 330 Å². The topological polar surface area (TPSA) is 409 Å². The second kappa shape index (κ2) is 54.6. The van der Waals surface area contributed by atoms with Gasteiger partial charge in [0.1, 0.15) is 42.7 Å². The average molecular weight is 1770 g/mol. The van der Waals surface area contributed by atoms with Gasteiger partial charge in [-0.1, -0.05) is 101 Å². The monoisotopic (exact) mass is 1770 g/mol. The number of carbonyl (C=O) groups excluding carboxylic acids is 3. The van der Waals surface area contributed by atoms with E-state index in [9.17, 15) is 60.3 Å². The van der Waals surface area contributed by atoms with Gasteiger partial charge in [0.15, 0.2) is 24.8 Å². The molecule has 4 bridgehead atoms. The number of carbonyl (C=O) groups is 3. The van der Waals surface area contributed by atoms with Crippen molar-refractivity contribution in [2.45, 2.75) is 387 Å². The highest BCUT2D eigenvalue weighted by molar-refractivity contribution is 5.83. The van der Waals surface area contributed by atoms with Crippen LogP contribution in [-0.2, 0) is 104 Å². The fraction of sp³-hybridized carbons (Fsp3) is 0.839. The van der Waals surface area contributed by atoms with Crippen LogP contribution >= 0.6 is 0 Å². The zero-order valence-electron chi connectivity index (χ0n) is 76.9. The highest BCUT2D eigenvalue weighted by atomic mass is 16.7. The molecule has 0 aromatic carbocycles. The highest BCUT2D eigenvalue weighted by Gasteiger charge is 2.48. The third kappa shape index (κ3) is 33.9. The lowest BCUT2D eigenvalue weighted by molar-refractivity contribution is -0.296. The maximum atomic E-state index is 14.4. The molecule has 31 heteroatoms. The third-order valence-electron chi connectivity index (χ3n) is 26.5. The molecule has 7 aliphatic heterocycles. The Balaban J connectivity index is 1.21. The number of cyclic esters (lactones) is 2. The van der Waals surface area contributed by atoms with Crippen LogP contribution in [0.15, 0.2) is 71.9 Å². The van der Waals surface area contributed by atoms with Crippen molar-refractivity contribution in [3.63, 3.8) is 0 Å². The largest absolute Gasteiger partial charge is 0.459 e. The van der Waals surface area contributed by atoms with Crippen molar-refractivity contribution >= 4 is 17.9 Å². The molecule has 31 nitrogen and oxygen atoms in total. The number of rotatable bonds is 27. The van der Waals surface area contributed by atoms with Crippen molar-refractivity contribution in [1.82, 2.24) is 0 Å². The molecule has 7 heterocycles. The molecule has 0 spiro atoms. The average Bonchev–Trinajstić information content (AvgIpc) is 0.798. The number of esters is 3. The van der Waals surface area contributed by atoms with Crippen LogP contribution in [0.4, 0.5) is 0 Å². The number of aliphatic hydroxyl groups excluding tert-OH is 9. The molecule has 4 fully saturated rings. The predicted molar refractivity (Wildman–Crippen MR) is 458 cm³/mol. The molecule has 124 heavy (non-hydrogen) atoms. The van der Waals surface area contributed by atoms with Gasteiger partial charge in [0.05, 0.1) is 142 Å². The minimum Gasteiger partial charge on any atom is -0.459 e. The van der Waals surface area contributed by atoms with E-state index in [2.05, 4.69) is 0 Å². The number of ether oxygens (including phenoxy) is 19. The van der Waals surface area contributed by atoms with Gasteiger partial charge in [-0.3, -0.25) is 0 Å². The van der Waals surface area contributed by atoms with E-state index in [1.165, 1.54) is 47.7 Å². The zero-order chi connectivity index (χ0) is 91.0. The summed E-state index contributed by atoms with van der Waals surface area (Å²) in [4.78, 5) is 41.9. The Labute approximate surface area is 736 Å². The van der Waals surface area contributed by atoms with Crippen molar-refractivity contribution in [1.29, 1.82) is 0 Å². The number of hydrogen-bond donors (Lipinski definition) is 9. The van der Waals surface area contributed by atoms with E-state index in [1.54, 1.807) is 54.3 Å². The van der Waals surface area contributed by atoms with E-state index in [1.807, 2.05) is 84.9 Å². The number of hydrogen-bond acceptors (Lipinski definition) is 31.